The number of benzene rings is 1. The number of hydrogen-bond acceptors (Lipinski definition) is 5. The van der Waals surface area contributed by atoms with Crippen LogP contribution in [0.3, 0.4) is 0 Å². The molecule has 7 heteroatoms. The van der Waals surface area contributed by atoms with E-state index in [1.54, 1.807) is 13.8 Å². The highest BCUT2D eigenvalue weighted by molar-refractivity contribution is 5.86. The van der Waals surface area contributed by atoms with Crippen molar-refractivity contribution in [2.75, 3.05) is 13.2 Å². The Hall–Kier alpha value is -2.67. The first-order valence-corrected chi connectivity index (χ1v) is 10.4. The van der Waals surface area contributed by atoms with E-state index >= 15 is 0 Å². The number of cyclic esters (lactones) is 1. The highest BCUT2D eigenvalue weighted by atomic mass is 16.5. The lowest BCUT2D eigenvalue weighted by molar-refractivity contribution is -0.146. The van der Waals surface area contributed by atoms with Crippen LogP contribution in [0, 0.1) is 5.92 Å². The number of rotatable bonds is 6. The molecule has 1 heterocycles. The molecule has 0 radical (unpaired) electrons. The maximum absolute atomic E-state index is 12.8. The first-order valence-electron chi connectivity index (χ1n) is 10.4. The Labute approximate surface area is 177 Å². The van der Waals surface area contributed by atoms with Crippen molar-refractivity contribution in [2.24, 2.45) is 5.92 Å². The molecule has 0 aromatic heterocycles. The van der Waals surface area contributed by atoms with Gasteiger partial charge in [0.15, 0.2) is 0 Å². The zero-order chi connectivity index (χ0) is 22.0. The van der Waals surface area contributed by atoms with E-state index in [1.165, 1.54) is 0 Å². The van der Waals surface area contributed by atoms with Gasteiger partial charge in [-0.1, -0.05) is 42.5 Å². The summed E-state index contributed by atoms with van der Waals surface area (Å²) < 4.78 is 5.22. The SMILES string of the molecule is CC1(C)COC(=O)CCC=CC[C@H](CC(=O)N[C@H](CO)Cc2ccccc2)C(=O)N1. The molecule has 1 aromatic carbocycles. The fourth-order valence-electron chi connectivity index (χ4n) is 3.24. The van der Waals surface area contributed by atoms with E-state index < -0.39 is 17.5 Å². The molecule has 164 valence electrons. The average Bonchev–Trinajstić information content (AvgIpc) is 2.70. The summed E-state index contributed by atoms with van der Waals surface area (Å²) in [5.74, 6) is -1.39. The van der Waals surface area contributed by atoms with Crippen LogP contribution in [0.4, 0.5) is 0 Å². The molecule has 0 unspecified atom stereocenters. The van der Waals surface area contributed by atoms with Gasteiger partial charge in [-0.25, -0.2) is 0 Å². The minimum Gasteiger partial charge on any atom is -0.463 e. The number of amides is 2. The van der Waals surface area contributed by atoms with Crippen molar-refractivity contribution >= 4 is 17.8 Å². The standard InChI is InChI=1S/C23H32N2O5/c1-23(2)16-30-21(28)12-8-4-7-11-18(22(29)25-23)14-20(27)24-19(15-26)13-17-9-5-3-6-10-17/h3-7,9-10,18-19,26H,8,11-16H2,1-2H3,(H,24,27)(H,25,29)/t18-,19+/m1/s1. The lowest BCUT2D eigenvalue weighted by Gasteiger charge is -2.28. The zero-order valence-electron chi connectivity index (χ0n) is 17.7. The quantitative estimate of drug-likeness (QED) is 0.485. The van der Waals surface area contributed by atoms with E-state index in [0.717, 1.165) is 5.56 Å². The second-order valence-corrected chi connectivity index (χ2v) is 8.32. The largest absolute Gasteiger partial charge is 0.463 e. The molecule has 30 heavy (non-hydrogen) atoms. The van der Waals surface area contributed by atoms with Crippen LogP contribution in [-0.2, 0) is 25.5 Å². The van der Waals surface area contributed by atoms with Gasteiger partial charge >= 0.3 is 5.97 Å². The minimum atomic E-state index is -0.731. The molecule has 7 nitrogen and oxygen atoms in total. The van der Waals surface area contributed by atoms with Gasteiger partial charge in [0.1, 0.15) is 6.61 Å². The molecule has 2 amide bonds. The number of ether oxygens (including phenoxy) is 1. The number of aliphatic hydroxyl groups is 1. The summed E-state index contributed by atoms with van der Waals surface area (Å²) in [6.07, 6.45) is 5.39. The number of nitrogens with one attached hydrogen (secondary N) is 2. The Bertz CT molecular complexity index is 745. The molecule has 1 aliphatic rings. The van der Waals surface area contributed by atoms with Crippen LogP contribution in [0.1, 0.15) is 45.1 Å². The monoisotopic (exact) mass is 416 g/mol. The Balaban J connectivity index is 2.00. The number of carbonyl (C=O) groups excluding carboxylic acids is 3. The first kappa shape index (κ1) is 23.6. The van der Waals surface area contributed by atoms with Crippen molar-refractivity contribution in [2.45, 2.75) is 57.5 Å². The smallest absolute Gasteiger partial charge is 0.306 e. The number of allylic oxidation sites excluding steroid dienone is 2. The van der Waals surface area contributed by atoms with Crippen molar-refractivity contribution in [3.8, 4) is 0 Å². The Morgan fingerprint density at radius 1 is 1.27 bits per heavy atom. The van der Waals surface area contributed by atoms with Crippen molar-refractivity contribution in [1.29, 1.82) is 0 Å². The number of hydrogen-bond donors (Lipinski definition) is 3. The van der Waals surface area contributed by atoms with Gasteiger partial charge in [-0.15, -0.1) is 0 Å². The Morgan fingerprint density at radius 2 is 2.00 bits per heavy atom. The molecule has 1 aliphatic heterocycles. The van der Waals surface area contributed by atoms with Crippen LogP contribution in [-0.4, -0.2) is 47.7 Å². The molecule has 2 rings (SSSR count). The molecule has 0 spiro atoms. The summed E-state index contributed by atoms with van der Waals surface area (Å²) in [5.41, 5.74) is 0.283. The van der Waals surface area contributed by atoms with Crippen LogP contribution in [0.2, 0.25) is 0 Å². The molecule has 0 saturated heterocycles. The lowest BCUT2D eigenvalue weighted by atomic mass is 9.96. The summed E-state index contributed by atoms with van der Waals surface area (Å²) in [6, 6.07) is 9.19. The van der Waals surface area contributed by atoms with E-state index in [2.05, 4.69) is 10.6 Å². The van der Waals surface area contributed by atoms with Crippen LogP contribution in [0.15, 0.2) is 42.5 Å². The highest BCUT2D eigenvalue weighted by Crippen LogP contribution is 2.15. The van der Waals surface area contributed by atoms with Crippen LogP contribution < -0.4 is 10.6 Å². The predicted molar refractivity (Wildman–Crippen MR) is 113 cm³/mol. The second kappa shape index (κ2) is 11.5. The number of esters is 1. The summed E-state index contributed by atoms with van der Waals surface area (Å²) in [4.78, 5) is 37.1. The van der Waals surface area contributed by atoms with Crippen LogP contribution in [0.5, 0.6) is 0 Å². The van der Waals surface area contributed by atoms with Crippen molar-refractivity contribution in [3.63, 3.8) is 0 Å². The Morgan fingerprint density at radius 3 is 2.70 bits per heavy atom. The van der Waals surface area contributed by atoms with Crippen LogP contribution >= 0.6 is 0 Å². The van der Waals surface area contributed by atoms with Gasteiger partial charge in [0.2, 0.25) is 11.8 Å². The maximum Gasteiger partial charge on any atom is 0.306 e. The third-order valence-corrected chi connectivity index (χ3v) is 4.87. The van der Waals surface area contributed by atoms with Crippen molar-refractivity contribution in [3.05, 3.63) is 48.0 Å². The van der Waals surface area contributed by atoms with E-state index in [4.69, 9.17) is 4.74 Å². The van der Waals surface area contributed by atoms with Gasteiger partial charge in [-0.05, 0) is 38.7 Å². The van der Waals surface area contributed by atoms with Gasteiger partial charge in [-0.2, -0.15) is 0 Å². The van der Waals surface area contributed by atoms with Crippen molar-refractivity contribution < 1.29 is 24.2 Å². The predicted octanol–water partition coefficient (Wildman–Crippen LogP) is 1.89. The molecule has 0 aliphatic carbocycles. The highest BCUT2D eigenvalue weighted by Gasteiger charge is 2.29. The number of carbonyl (C=O) groups is 3. The fraction of sp³-hybridized carbons (Fsp3) is 0.522. The van der Waals surface area contributed by atoms with Gasteiger partial charge in [0.25, 0.3) is 0 Å². The van der Waals surface area contributed by atoms with Gasteiger partial charge < -0.3 is 20.5 Å². The minimum absolute atomic E-state index is 0.0112. The lowest BCUT2D eigenvalue weighted by Crippen LogP contribution is -2.50. The molecule has 0 saturated carbocycles. The third-order valence-electron chi connectivity index (χ3n) is 4.87. The third kappa shape index (κ3) is 8.37. The summed E-state index contributed by atoms with van der Waals surface area (Å²) in [6.45, 7) is 3.44. The van der Waals surface area contributed by atoms with Crippen molar-refractivity contribution in [1.82, 2.24) is 10.6 Å². The topological polar surface area (TPSA) is 105 Å². The van der Waals surface area contributed by atoms with Gasteiger partial charge in [0.05, 0.1) is 24.1 Å². The van der Waals surface area contributed by atoms with E-state index in [0.29, 0.717) is 19.3 Å². The average molecular weight is 417 g/mol. The second-order valence-electron chi connectivity index (χ2n) is 8.32. The van der Waals surface area contributed by atoms with Gasteiger partial charge in [0, 0.05) is 12.8 Å². The normalized spacial score (nSPS) is 20.8. The summed E-state index contributed by atoms with van der Waals surface area (Å²) >= 11 is 0. The van der Waals surface area contributed by atoms with Crippen LogP contribution in [0.25, 0.3) is 0 Å². The van der Waals surface area contributed by atoms with E-state index in [9.17, 15) is 19.5 Å². The Kier molecular flexibility index (Phi) is 9.05. The maximum atomic E-state index is 12.8. The molecule has 1 aromatic rings. The van der Waals surface area contributed by atoms with Gasteiger partial charge in [-0.3, -0.25) is 14.4 Å². The molecule has 2 atom stereocenters. The molecule has 0 fully saturated rings. The molecule has 3 N–H and O–H groups in total. The molecular weight excluding hydrogens is 384 g/mol. The summed E-state index contributed by atoms with van der Waals surface area (Å²) in [5, 5.41) is 15.4. The summed E-state index contributed by atoms with van der Waals surface area (Å²) in [7, 11) is 0. The molecule has 0 bridgehead atoms. The number of aliphatic hydroxyl groups excluding tert-OH is 1. The molecular formula is C23H32N2O5. The van der Waals surface area contributed by atoms with E-state index in [1.807, 2.05) is 42.5 Å². The zero-order valence-corrected chi connectivity index (χ0v) is 17.7. The first-order chi connectivity index (χ1) is 14.3. The van der Waals surface area contributed by atoms with E-state index in [-0.39, 0.29) is 43.8 Å². The fourth-order valence-corrected chi connectivity index (χ4v) is 3.24.